The van der Waals surface area contributed by atoms with E-state index in [-0.39, 0.29) is 0 Å². The van der Waals surface area contributed by atoms with Gasteiger partial charge in [-0.2, -0.15) is 0 Å². The Morgan fingerprint density at radius 2 is 2.30 bits per heavy atom. The lowest BCUT2D eigenvalue weighted by molar-refractivity contribution is 0.514. The Labute approximate surface area is 61.2 Å². The molecule has 0 atom stereocenters. The summed E-state index contributed by atoms with van der Waals surface area (Å²) in [4.78, 5) is 6.69. The van der Waals surface area contributed by atoms with E-state index in [2.05, 4.69) is 16.5 Å². The quantitative estimate of drug-likeness (QED) is 0.491. The van der Waals surface area contributed by atoms with Gasteiger partial charge in [-0.25, -0.2) is 0 Å². The molecule has 0 aliphatic carbocycles. The van der Waals surface area contributed by atoms with Gasteiger partial charge in [-0.3, -0.25) is 4.99 Å². The first-order chi connectivity index (χ1) is 4.88. The fourth-order valence-corrected chi connectivity index (χ4v) is 1.61. The lowest BCUT2D eigenvalue weighted by Crippen LogP contribution is -2.27. The second-order valence-corrected chi connectivity index (χ2v) is 2.87. The van der Waals surface area contributed by atoms with E-state index in [4.69, 9.17) is 0 Å². The van der Waals surface area contributed by atoms with Crippen LogP contribution in [0.4, 0.5) is 0 Å². The van der Waals surface area contributed by atoms with E-state index in [1.807, 2.05) is 0 Å². The normalized spacial score (nSPS) is 24.6. The smallest absolute Gasteiger partial charge is 0.103 e. The molecular weight excluding hydrogens is 124 g/mol. The van der Waals surface area contributed by atoms with Crippen LogP contribution in [0.25, 0.3) is 0 Å². The fraction of sp³-hybridized carbons (Fsp3) is 0.625. The predicted octanol–water partition coefficient (Wildman–Crippen LogP) is 1.40. The van der Waals surface area contributed by atoms with Gasteiger partial charge in [0.15, 0.2) is 0 Å². The molecule has 0 aromatic heterocycles. The van der Waals surface area contributed by atoms with Crippen LogP contribution in [0.5, 0.6) is 0 Å². The van der Waals surface area contributed by atoms with Gasteiger partial charge in [-0.05, 0) is 6.42 Å². The molecule has 10 heavy (non-hydrogen) atoms. The van der Waals surface area contributed by atoms with Crippen LogP contribution in [-0.2, 0) is 0 Å². The van der Waals surface area contributed by atoms with Gasteiger partial charge in [0.05, 0.1) is 0 Å². The molecule has 1 fully saturated rings. The third-order valence-electron chi connectivity index (χ3n) is 2.17. The summed E-state index contributed by atoms with van der Waals surface area (Å²) in [6.07, 6.45) is 3.49. The number of nitrogens with zero attached hydrogens (tertiary/aromatic N) is 2. The van der Waals surface area contributed by atoms with Crippen molar-refractivity contribution in [3.8, 4) is 0 Å². The van der Waals surface area contributed by atoms with Gasteiger partial charge in [0.25, 0.3) is 0 Å². The summed E-state index contributed by atoms with van der Waals surface area (Å²) in [6, 6.07) is 0. The van der Waals surface area contributed by atoms with Crippen LogP contribution in [0.3, 0.4) is 0 Å². The number of aliphatic imine (C=N–C) groups is 1. The zero-order valence-electron chi connectivity index (χ0n) is 6.14. The highest BCUT2D eigenvalue weighted by molar-refractivity contribution is 5.86. The van der Waals surface area contributed by atoms with Gasteiger partial charge >= 0.3 is 0 Å². The summed E-state index contributed by atoms with van der Waals surface area (Å²) in [5, 5.41) is 0. The van der Waals surface area contributed by atoms with Crippen molar-refractivity contribution >= 4 is 5.84 Å². The predicted molar refractivity (Wildman–Crippen MR) is 42.0 cm³/mol. The second-order valence-electron chi connectivity index (χ2n) is 2.87. The first-order valence-electron chi connectivity index (χ1n) is 3.86. The number of rotatable bonds is 0. The molecule has 2 nitrogen and oxygen atoms in total. The van der Waals surface area contributed by atoms with E-state index in [9.17, 15) is 0 Å². The average Bonchev–Trinajstić information content (AvgIpc) is 2.36. The van der Waals surface area contributed by atoms with E-state index in [0.717, 1.165) is 19.5 Å². The Hall–Kier alpha value is -0.790. The number of hydrogen-bond donors (Lipinski definition) is 0. The van der Waals surface area contributed by atoms with Gasteiger partial charge in [-0.1, -0.05) is 6.58 Å². The molecule has 0 aromatic rings. The van der Waals surface area contributed by atoms with Crippen LogP contribution in [0.1, 0.15) is 19.3 Å². The molecule has 0 spiro atoms. The average molecular weight is 136 g/mol. The zero-order valence-corrected chi connectivity index (χ0v) is 6.14. The Morgan fingerprint density at radius 3 is 3.10 bits per heavy atom. The monoisotopic (exact) mass is 136 g/mol. The molecule has 0 amide bonds. The molecule has 2 heteroatoms. The molecule has 0 saturated carbocycles. The molecule has 0 bridgehead atoms. The summed E-state index contributed by atoms with van der Waals surface area (Å²) >= 11 is 0. The van der Waals surface area contributed by atoms with Crippen LogP contribution >= 0.6 is 0 Å². The zero-order chi connectivity index (χ0) is 6.97. The van der Waals surface area contributed by atoms with Gasteiger partial charge in [0.2, 0.25) is 0 Å². The van der Waals surface area contributed by atoms with Crippen LogP contribution in [-0.4, -0.2) is 23.8 Å². The molecule has 0 radical (unpaired) electrons. The van der Waals surface area contributed by atoms with Crippen LogP contribution in [0.15, 0.2) is 17.3 Å². The lowest BCUT2D eigenvalue weighted by Gasteiger charge is -2.24. The minimum absolute atomic E-state index is 0.963. The summed E-state index contributed by atoms with van der Waals surface area (Å²) in [5.74, 6) is 1.27. The van der Waals surface area contributed by atoms with Crippen LogP contribution in [0, 0.1) is 0 Å². The number of hydrogen-bond acceptors (Lipinski definition) is 2. The van der Waals surface area contributed by atoms with Crippen molar-refractivity contribution in [1.29, 1.82) is 0 Å². The standard InChI is InChI=1S/C8H12N2/c1-7-4-5-9-8-3-2-6-10(7)8/h1-6H2. The summed E-state index contributed by atoms with van der Waals surface area (Å²) in [7, 11) is 0. The second kappa shape index (κ2) is 2.11. The first kappa shape index (κ1) is 5.96. The topological polar surface area (TPSA) is 15.6 Å². The molecular formula is C8H12N2. The van der Waals surface area contributed by atoms with E-state index in [1.165, 1.54) is 24.4 Å². The molecule has 0 aromatic carbocycles. The van der Waals surface area contributed by atoms with Gasteiger partial charge < -0.3 is 4.90 Å². The van der Waals surface area contributed by atoms with Crippen LogP contribution < -0.4 is 0 Å². The van der Waals surface area contributed by atoms with Crippen molar-refractivity contribution in [3.05, 3.63) is 12.3 Å². The molecule has 54 valence electrons. The van der Waals surface area contributed by atoms with Crippen molar-refractivity contribution in [1.82, 2.24) is 4.90 Å². The highest BCUT2D eigenvalue weighted by Crippen LogP contribution is 2.22. The van der Waals surface area contributed by atoms with Crippen molar-refractivity contribution in [2.75, 3.05) is 13.1 Å². The Morgan fingerprint density at radius 1 is 1.40 bits per heavy atom. The fourth-order valence-electron chi connectivity index (χ4n) is 1.61. The Bertz CT molecular complexity index is 193. The molecule has 1 saturated heterocycles. The third-order valence-corrected chi connectivity index (χ3v) is 2.17. The molecule has 2 aliphatic rings. The SMILES string of the molecule is C=C1CCN=C2CCCN12. The van der Waals surface area contributed by atoms with Crippen LogP contribution in [0.2, 0.25) is 0 Å². The van der Waals surface area contributed by atoms with E-state index < -0.39 is 0 Å². The largest absolute Gasteiger partial charge is 0.334 e. The maximum atomic E-state index is 4.42. The maximum absolute atomic E-state index is 4.42. The van der Waals surface area contributed by atoms with Crippen molar-refractivity contribution in [3.63, 3.8) is 0 Å². The number of fused-ring (bicyclic) bond motifs is 1. The summed E-state index contributed by atoms with van der Waals surface area (Å²) < 4.78 is 0. The maximum Gasteiger partial charge on any atom is 0.103 e. The summed E-state index contributed by atoms with van der Waals surface area (Å²) in [5.41, 5.74) is 1.27. The van der Waals surface area contributed by atoms with Gasteiger partial charge in [0, 0.05) is 31.6 Å². The van der Waals surface area contributed by atoms with Gasteiger partial charge in [-0.15, -0.1) is 0 Å². The molecule has 2 aliphatic heterocycles. The first-order valence-corrected chi connectivity index (χ1v) is 3.86. The summed E-state index contributed by atoms with van der Waals surface area (Å²) in [6.45, 7) is 6.12. The van der Waals surface area contributed by atoms with Gasteiger partial charge in [0.1, 0.15) is 5.84 Å². The minimum atomic E-state index is 0.963. The highest BCUT2D eigenvalue weighted by atomic mass is 15.2. The highest BCUT2D eigenvalue weighted by Gasteiger charge is 2.22. The van der Waals surface area contributed by atoms with E-state index in [1.54, 1.807) is 0 Å². The minimum Gasteiger partial charge on any atom is -0.334 e. The van der Waals surface area contributed by atoms with E-state index >= 15 is 0 Å². The Balaban J connectivity index is 2.26. The lowest BCUT2D eigenvalue weighted by atomic mass is 10.2. The molecule has 0 N–H and O–H groups in total. The van der Waals surface area contributed by atoms with Crippen molar-refractivity contribution < 1.29 is 0 Å². The molecule has 2 rings (SSSR count). The molecule has 2 heterocycles. The third kappa shape index (κ3) is 0.753. The van der Waals surface area contributed by atoms with E-state index in [0.29, 0.717) is 0 Å². The Kier molecular flexibility index (Phi) is 1.26. The molecule has 0 unspecified atom stereocenters. The number of amidine groups is 1. The van der Waals surface area contributed by atoms with Crippen molar-refractivity contribution in [2.45, 2.75) is 19.3 Å². The van der Waals surface area contributed by atoms with Crippen molar-refractivity contribution in [2.24, 2.45) is 4.99 Å².